The lowest BCUT2D eigenvalue weighted by Crippen LogP contribution is -2.50. The monoisotopic (exact) mass is 332 g/mol. The smallest absolute Gasteiger partial charge is 0.274 e. The van der Waals surface area contributed by atoms with Gasteiger partial charge in [-0.05, 0) is 18.2 Å². The number of piperazine rings is 1. The third kappa shape index (κ3) is 3.22. The number of nitrogens with zero attached hydrogens (tertiary/aromatic N) is 4. The van der Waals surface area contributed by atoms with Crippen molar-refractivity contribution in [1.82, 2.24) is 19.8 Å². The molecular weight excluding hydrogens is 318 g/mol. The Kier molecular flexibility index (Phi) is 4.45. The minimum Gasteiger partial charge on any atom is -0.335 e. The van der Waals surface area contributed by atoms with Gasteiger partial charge in [0.15, 0.2) is 11.6 Å². The molecule has 1 saturated heterocycles. The summed E-state index contributed by atoms with van der Waals surface area (Å²) in [6.07, 6.45) is 4.31. The van der Waals surface area contributed by atoms with Crippen molar-refractivity contribution >= 4 is 11.8 Å². The van der Waals surface area contributed by atoms with E-state index in [9.17, 15) is 18.4 Å². The average Bonchev–Trinajstić information content (AvgIpc) is 2.63. The second-order valence-corrected chi connectivity index (χ2v) is 5.30. The van der Waals surface area contributed by atoms with E-state index in [1.807, 2.05) is 0 Å². The zero-order chi connectivity index (χ0) is 17.1. The molecular formula is C16H14F2N4O2. The van der Waals surface area contributed by atoms with Crippen molar-refractivity contribution in [3.63, 3.8) is 0 Å². The number of hydrogen-bond acceptors (Lipinski definition) is 4. The molecule has 0 bridgehead atoms. The first kappa shape index (κ1) is 16.0. The highest BCUT2D eigenvalue weighted by atomic mass is 19.2. The van der Waals surface area contributed by atoms with Crippen molar-refractivity contribution in [3.8, 4) is 0 Å². The van der Waals surface area contributed by atoms with E-state index in [0.29, 0.717) is 26.2 Å². The molecule has 8 heteroatoms. The Morgan fingerprint density at radius 3 is 2.17 bits per heavy atom. The topological polar surface area (TPSA) is 66.4 Å². The normalized spacial score (nSPS) is 14.6. The average molecular weight is 332 g/mol. The summed E-state index contributed by atoms with van der Waals surface area (Å²) in [5, 5.41) is 0. The minimum absolute atomic E-state index is 0.0857. The number of amides is 2. The van der Waals surface area contributed by atoms with Gasteiger partial charge in [0.05, 0.1) is 6.20 Å². The predicted molar refractivity (Wildman–Crippen MR) is 80.2 cm³/mol. The van der Waals surface area contributed by atoms with E-state index >= 15 is 0 Å². The highest BCUT2D eigenvalue weighted by molar-refractivity contribution is 5.95. The number of benzene rings is 1. The molecule has 6 nitrogen and oxygen atoms in total. The summed E-state index contributed by atoms with van der Waals surface area (Å²) in [6, 6.07) is 3.06. The fourth-order valence-electron chi connectivity index (χ4n) is 2.50. The molecule has 0 aliphatic carbocycles. The van der Waals surface area contributed by atoms with Gasteiger partial charge in [0.25, 0.3) is 11.8 Å². The molecule has 2 heterocycles. The van der Waals surface area contributed by atoms with Gasteiger partial charge < -0.3 is 9.80 Å². The maximum absolute atomic E-state index is 13.3. The van der Waals surface area contributed by atoms with Gasteiger partial charge in [-0.3, -0.25) is 14.6 Å². The van der Waals surface area contributed by atoms with Crippen molar-refractivity contribution in [2.45, 2.75) is 0 Å². The predicted octanol–water partition coefficient (Wildman–Crippen LogP) is 1.35. The van der Waals surface area contributed by atoms with Crippen LogP contribution in [0.3, 0.4) is 0 Å². The molecule has 0 radical (unpaired) electrons. The van der Waals surface area contributed by atoms with Crippen molar-refractivity contribution in [2.24, 2.45) is 0 Å². The Morgan fingerprint density at radius 2 is 1.58 bits per heavy atom. The van der Waals surface area contributed by atoms with Crippen LogP contribution in [0.5, 0.6) is 0 Å². The Hall–Kier alpha value is -2.90. The van der Waals surface area contributed by atoms with Crippen LogP contribution in [0, 0.1) is 11.6 Å². The van der Waals surface area contributed by atoms with E-state index in [-0.39, 0.29) is 23.1 Å². The maximum Gasteiger partial charge on any atom is 0.274 e. The lowest BCUT2D eigenvalue weighted by molar-refractivity contribution is 0.0531. The molecule has 1 aliphatic rings. The molecule has 24 heavy (non-hydrogen) atoms. The van der Waals surface area contributed by atoms with Gasteiger partial charge in [0, 0.05) is 44.1 Å². The summed E-state index contributed by atoms with van der Waals surface area (Å²) in [6.45, 7) is 1.29. The van der Waals surface area contributed by atoms with Crippen molar-refractivity contribution in [1.29, 1.82) is 0 Å². The first-order chi connectivity index (χ1) is 11.6. The summed E-state index contributed by atoms with van der Waals surface area (Å²) >= 11 is 0. The summed E-state index contributed by atoms with van der Waals surface area (Å²) in [7, 11) is 0. The van der Waals surface area contributed by atoms with Crippen LogP contribution >= 0.6 is 0 Å². The van der Waals surface area contributed by atoms with E-state index in [1.165, 1.54) is 29.6 Å². The summed E-state index contributed by atoms with van der Waals surface area (Å²) in [5.41, 5.74) is 0.334. The lowest BCUT2D eigenvalue weighted by atomic mass is 10.1. The molecule has 1 aromatic carbocycles. The van der Waals surface area contributed by atoms with Gasteiger partial charge >= 0.3 is 0 Å². The Morgan fingerprint density at radius 1 is 0.917 bits per heavy atom. The Bertz CT molecular complexity index is 762. The molecule has 0 spiro atoms. The molecule has 1 fully saturated rings. The largest absolute Gasteiger partial charge is 0.335 e. The van der Waals surface area contributed by atoms with E-state index in [4.69, 9.17) is 0 Å². The minimum atomic E-state index is -1.06. The van der Waals surface area contributed by atoms with Crippen molar-refractivity contribution in [2.75, 3.05) is 26.2 Å². The Labute approximate surface area is 136 Å². The SMILES string of the molecule is O=C(c1ccc(F)c(F)c1)N1CCN(C(=O)c2cnccn2)CC1. The van der Waals surface area contributed by atoms with Gasteiger partial charge in [-0.2, -0.15) is 0 Å². The van der Waals surface area contributed by atoms with E-state index in [2.05, 4.69) is 9.97 Å². The number of halogens is 2. The van der Waals surface area contributed by atoms with Crippen LogP contribution in [0.25, 0.3) is 0 Å². The van der Waals surface area contributed by atoms with Gasteiger partial charge in [-0.25, -0.2) is 13.8 Å². The third-order valence-corrected chi connectivity index (χ3v) is 3.80. The molecule has 0 saturated carbocycles. The Balaban J connectivity index is 1.63. The van der Waals surface area contributed by atoms with Crippen molar-refractivity contribution < 1.29 is 18.4 Å². The fraction of sp³-hybridized carbons (Fsp3) is 0.250. The quantitative estimate of drug-likeness (QED) is 0.833. The standard InChI is InChI=1S/C16H14F2N4O2/c17-12-2-1-11(9-13(12)18)15(23)21-5-7-22(8-6-21)16(24)14-10-19-3-4-20-14/h1-4,9-10H,5-8H2. The molecule has 124 valence electrons. The second-order valence-electron chi connectivity index (χ2n) is 5.30. The van der Waals surface area contributed by atoms with Crippen LogP contribution in [0.2, 0.25) is 0 Å². The first-order valence-corrected chi connectivity index (χ1v) is 7.36. The molecule has 0 N–H and O–H groups in total. The van der Waals surface area contributed by atoms with Crippen LogP contribution in [0.15, 0.2) is 36.8 Å². The van der Waals surface area contributed by atoms with Gasteiger partial charge in [0.2, 0.25) is 0 Å². The van der Waals surface area contributed by atoms with E-state index in [0.717, 1.165) is 12.1 Å². The van der Waals surface area contributed by atoms with Gasteiger partial charge in [-0.1, -0.05) is 0 Å². The summed E-state index contributed by atoms with van der Waals surface area (Å²) < 4.78 is 26.2. The molecule has 0 unspecified atom stereocenters. The molecule has 1 aromatic heterocycles. The zero-order valence-corrected chi connectivity index (χ0v) is 12.7. The number of carbonyl (C=O) groups is 2. The van der Waals surface area contributed by atoms with E-state index < -0.39 is 11.6 Å². The number of carbonyl (C=O) groups excluding carboxylic acids is 2. The lowest BCUT2D eigenvalue weighted by Gasteiger charge is -2.34. The molecule has 0 atom stereocenters. The van der Waals surface area contributed by atoms with Crippen LogP contribution in [-0.4, -0.2) is 57.8 Å². The van der Waals surface area contributed by atoms with Crippen LogP contribution < -0.4 is 0 Å². The highest BCUT2D eigenvalue weighted by Gasteiger charge is 2.26. The van der Waals surface area contributed by atoms with Gasteiger partial charge in [0.1, 0.15) is 5.69 Å². The summed E-state index contributed by atoms with van der Waals surface area (Å²) in [4.78, 5) is 35.5. The van der Waals surface area contributed by atoms with Crippen LogP contribution in [-0.2, 0) is 0 Å². The molecule has 3 rings (SSSR count). The van der Waals surface area contributed by atoms with Crippen LogP contribution in [0.4, 0.5) is 8.78 Å². The highest BCUT2D eigenvalue weighted by Crippen LogP contribution is 2.13. The van der Waals surface area contributed by atoms with Gasteiger partial charge in [-0.15, -0.1) is 0 Å². The van der Waals surface area contributed by atoms with E-state index in [1.54, 1.807) is 4.90 Å². The number of hydrogen-bond donors (Lipinski definition) is 0. The molecule has 1 aliphatic heterocycles. The van der Waals surface area contributed by atoms with Crippen molar-refractivity contribution in [3.05, 3.63) is 59.7 Å². The number of rotatable bonds is 2. The molecule has 2 aromatic rings. The molecule has 2 amide bonds. The maximum atomic E-state index is 13.3. The summed E-state index contributed by atoms with van der Waals surface area (Å²) in [5.74, 6) is -2.69. The second kappa shape index (κ2) is 6.69. The van der Waals surface area contributed by atoms with Crippen LogP contribution in [0.1, 0.15) is 20.8 Å². The zero-order valence-electron chi connectivity index (χ0n) is 12.7. The number of aromatic nitrogens is 2. The first-order valence-electron chi connectivity index (χ1n) is 7.36. The third-order valence-electron chi connectivity index (χ3n) is 3.80. The fourth-order valence-corrected chi connectivity index (χ4v) is 2.50.